The molecule has 12 nitrogen and oxygen atoms in total. The molecule has 0 aliphatic carbocycles. The van der Waals surface area contributed by atoms with E-state index in [1.54, 1.807) is 30.5 Å². The molecule has 0 bridgehead atoms. The van der Waals surface area contributed by atoms with Crippen LogP contribution in [0.2, 0.25) is 0 Å². The molecule has 0 aromatic rings. The van der Waals surface area contributed by atoms with Gasteiger partial charge in [0.1, 0.15) is 0 Å². The number of carbonyl (C=O) groups excluding carboxylic acids is 5. The summed E-state index contributed by atoms with van der Waals surface area (Å²) in [6.45, 7) is 16.9. The lowest BCUT2D eigenvalue weighted by atomic mass is 10.0. The van der Waals surface area contributed by atoms with Crippen molar-refractivity contribution in [3.63, 3.8) is 0 Å². The van der Waals surface area contributed by atoms with Crippen molar-refractivity contribution in [3.05, 3.63) is 0 Å². The Morgan fingerprint density at radius 3 is 0.971 bits per heavy atom. The SMILES string of the molecule is CCC(=O)NCCN(CCSCCC(=O)O)C(=O)CC.CCCCCCCCCCCCCCN(CCCCCCCCCCCCCC)C(=O)CCSCCN(CCNC(=O)CC)C(=O)CC. The predicted molar refractivity (Wildman–Crippen MR) is 291 cm³/mol. The molecule has 0 unspecified atom stereocenters. The van der Waals surface area contributed by atoms with Crippen LogP contribution in [0.1, 0.15) is 234 Å². The number of aliphatic carboxylic acids is 1. The van der Waals surface area contributed by atoms with Crippen LogP contribution in [0.5, 0.6) is 0 Å². The standard InChI is InChI=1S/C41H81N3O3S.C13H24N2O4S/c1-5-9-11-13-15-17-19-21-23-25-27-29-33-43(34-30-28-26-24-22-20-18-16-14-12-10-6-2)41(47)31-37-48-38-36-44(40(46)8-4)35-32-42-39(45)7-3;1-3-11(16)14-6-7-15(12(17)4-2)8-10-20-9-5-13(18)19/h5-38H2,1-4H3,(H,42,45);3-10H2,1-2H3,(H,14,16)(H,18,19). The Morgan fingerprint density at radius 1 is 0.353 bits per heavy atom. The van der Waals surface area contributed by atoms with Crippen LogP contribution in [0, 0.1) is 0 Å². The molecule has 5 amide bonds. The summed E-state index contributed by atoms with van der Waals surface area (Å²) < 4.78 is 0. The van der Waals surface area contributed by atoms with E-state index in [1.807, 2.05) is 18.7 Å². The van der Waals surface area contributed by atoms with Crippen molar-refractivity contribution in [2.24, 2.45) is 0 Å². The van der Waals surface area contributed by atoms with E-state index in [0.717, 1.165) is 37.4 Å². The van der Waals surface area contributed by atoms with Gasteiger partial charge in [-0.1, -0.05) is 183 Å². The van der Waals surface area contributed by atoms with Gasteiger partial charge >= 0.3 is 5.97 Å². The molecule has 0 rings (SSSR count). The second-order valence-corrected chi connectivity index (χ2v) is 20.6. The van der Waals surface area contributed by atoms with Gasteiger partial charge in [-0.25, -0.2) is 0 Å². The first-order valence-electron chi connectivity index (χ1n) is 27.7. The Balaban J connectivity index is 0. The lowest BCUT2D eigenvalue weighted by molar-refractivity contribution is -0.136. The largest absolute Gasteiger partial charge is 0.481 e. The van der Waals surface area contributed by atoms with Gasteiger partial charge < -0.3 is 30.4 Å². The summed E-state index contributed by atoms with van der Waals surface area (Å²) in [7, 11) is 0. The van der Waals surface area contributed by atoms with E-state index in [2.05, 4.69) is 29.4 Å². The number of amides is 5. The third kappa shape index (κ3) is 45.9. The first kappa shape index (κ1) is 67.6. The summed E-state index contributed by atoms with van der Waals surface area (Å²) in [5.74, 6) is 2.54. The van der Waals surface area contributed by atoms with Crippen LogP contribution < -0.4 is 10.6 Å². The van der Waals surface area contributed by atoms with Gasteiger partial charge in [0, 0.05) is 107 Å². The number of nitrogens with zero attached hydrogens (tertiary/aromatic N) is 3. The van der Waals surface area contributed by atoms with Gasteiger partial charge in [-0.15, -0.1) is 0 Å². The Hall–Kier alpha value is -2.48. The predicted octanol–water partition coefficient (Wildman–Crippen LogP) is 12.1. The second-order valence-electron chi connectivity index (χ2n) is 18.2. The maximum Gasteiger partial charge on any atom is 0.304 e. The zero-order chi connectivity index (χ0) is 50.7. The van der Waals surface area contributed by atoms with Crippen LogP contribution in [-0.2, 0) is 28.8 Å². The third-order valence-electron chi connectivity index (χ3n) is 12.2. The fourth-order valence-corrected chi connectivity index (χ4v) is 9.50. The minimum absolute atomic E-state index is 0.0170. The molecule has 400 valence electrons. The maximum atomic E-state index is 13.3. The van der Waals surface area contributed by atoms with Gasteiger partial charge in [0.05, 0.1) is 6.42 Å². The van der Waals surface area contributed by atoms with Gasteiger partial charge in [0.25, 0.3) is 0 Å². The first-order chi connectivity index (χ1) is 33.0. The third-order valence-corrected chi connectivity index (χ3v) is 14.1. The summed E-state index contributed by atoms with van der Waals surface area (Å²) >= 11 is 3.28. The summed E-state index contributed by atoms with van der Waals surface area (Å²) in [5.41, 5.74) is 0. The molecule has 0 saturated heterocycles. The maximum absolute atomic E-state index is 13.3. The van der Waals surface area contributed by atoms with Crippen molar-refractivity contribution in [3.8, 4) is 0 Å². The van der Waals surface area contributed by atoms with E-state index in [-0.39, 0.29) is 30.0 Å². The van der Waals surface area contributed by atoms with Crippen molar-refractivity contribution in [2.75, 3.05) is 75.4 Å². The topological polar surface area (TPSA) is 156 Å². The molecule has 0 fully saturated rings. The monoisotopic (exact) mass is 1000 g/mol. The number of hydrogen-bond donors (Lipinski definition) is 3. The number of hydrogen-bond acceptors (Lipinski definition) is 8. The zero-order valence-electron chi connectivity index (χ0n) is 44.8. The van der Waals surface area contributed by atoms with Crippen LogP contribution in [0.15, 0.2) is 0 Å². The van der Waals surface area contributed by atoms with Gasteiger partial charge in [-0.2, -0.15) is 23.5 Å². The van der Waals surface area contributed by atoms with E-state index in [9.17, 15) is 28.8 Å². The Kier molecular flexibility index (Phi) is 52.0. The molecule has 0 aliphatic heterocycles. The fraction of sp³-hybridized carbons (Fsp3) is 0.889. The molecule has 0 aromatic heterocycles. The average Bonchev–Trinajstić information content (AvgIpc) is 3.34. The molecule has 0 spiro atoms. The summed E-state index contributed by atoms with van der Waals surface area (Å²) in [4.78, 5) is 76.2. The number of nitrogens with one attached hydrogen (secondary N) is 2. The number of unbranched alkanes of at least 4 members (excludes halogenated alkanes) is 22. The van der Waals surface area contributed by atoms with Gasteiger partial charge in [0.2, 0.25) is 29.5 Å². The Bertz CT molecular complexity index is 1200. The van der Waals surface area contributed by atoms with Crippen molar-refractivity contribution in [1.82, 2.24) is 25.3 Å². The van der Waals surface area contributed by atoms with Crippen LogP contribution in [0.4, 0.5) is 0 Å². The van der Waals surface area contributed by atoms with E-state index in [0.29, 0.717) is 88.8 Å². The number of rotatable bonds is 48. The highest BCUT2D eigenvalue weighted by molar-refractivity contribution is 7.99. The van der Waals surface area contributed by atoms with Crippen LogP contribution in [0.3, 0.4) is 0 Å². The molecule has 14 heteroatoms. The molecule has 0 heterocycles. The zero-order valence-corrected chi connectivity index (χ0v) is 46.4. The highest BCUT2D eigenvalue weighted by atomic mass is 32.2. The molecule has 0 radical (unpaired) electrons. The second kappa shape index (κ2) is 52.3. The minimum atomic E-state index is -0.804. The minimum Gasteiger partial charge on any atom is -0.481 e. The van der Waals surface area contributed by atoms with Crippen molar-refractivity contribution < 1.29 is 33.9 Å². The first-order valence-corrected chi connectivity index (χ1v) is 30.1. The van der Waals surface area contributed by atoms with Crippen LogP contribution >= 0.6 is 23.5 Å². The van der Waals surface area contributed by atoms with Gasteiger partial charge in [-0.05, 0) is 12.8 Å². The normalized spacial score (nSPS) is 10.9. The quantitative estimate of drug-likeness (QED) is 0.0505. The van der Waals surface area contributed by atoms with Crippen LogP contribution in [-0.4, -0.2) is 131 Å². The molecular weight excluding hydrogens is 895 g/mol. The summed E-state index contributed by atoms with van der Waals surface area (Å²) in [6, 6.07) is 0. The molecule has 0 aromatic carbocycles. The van der Waals surface area contributed by atoms with Crippen molar-refractivity contribution in [1.29, 1.82) is 0 Å². The Morgan fingerprint density at radius 2 is 0.662 bits per heavy atom. The van der Waals surface area contributed by atoms with E-state index in [4.69, 9.17) is 5.11 Å². The average molecular weight is 1000 g/mol. The van der Waals surface area contributed by atoms with E-state index >= 15 is 0 Å². The number of carbonyl (C=O) groups is 6. The lowest BCUT2D eigenvalue weighted by Gasteiger charge is -2.24. The lowest BCUT2D eigenvalue weighted by Crippen LogP contribution is -2.39. The molecule has 3 N–H and O–H groups in total. The van der Waals surface area contributed by atoms with E-state index in [1.165, 1.54) is 153 Å². The number of carboxylic acid groups (broad SMARTS) is 1. The smallest absolute Gasteiger partial charge is 0.304 e. The van der Waals surface area contributed by atoms with Crippen molar-refractivity contribution >= 4 is 59.0 Å². The van der Waals surface area contributed by atoms with Crippen LogP contribution in [0.25, 0.3) is 0 Å². The molecule has 0 aliphatic rings. The highest BCUT2D eigenvalue weighted by Crippen LogP contribution is 2.16. The van der Waals surface area contributed by atoms with Gasteiger partial charge in [0.15, 0.2) is 0 Å². The fourth-order valence-electron chi connectivity index (χ4n) is 7.76. The van der Waals surface area contributed by atoms with E-state index < -0.39 is 5.97 Å². The van der Waals surface area contributed by atoms with Gasteiger partial charge in [-0.3, -0.25) is 28.8 Å². The molecule has 0 atom stereocenters. The highest BCUT2D eigenvalue weighted by Gasteiger charge is 2.15. The summed E-state index contributed by atoms with van der Waals surface area (Å²) in [6.07, 6.45) is 34.6. The molecule has 68 heavy (non-hydrogen) atoms. The molecule has 0 saturated carbocycles. The van der Waals surface area contributed by atoms with Crippen molar-refractivity contribution in [2.45, 2.75) is 234 Å². The number of carboxylic acids is 1. The number of thioether (sulfide) groups is 2. The Labute approximate surface area is 425 Å². The molecular formula is C54H105N5O7S2. The summed E-state index contributed by atoms with van der Waals surface area (Å²) in [5, 5.41) is 14.1.